The normalized spacial score (nSPS) is 26.6. The summed E-state index contributed by atoms with van der Waals surface area (Å²) in [5.41, 5.74) is 0. The van der Waals surface area contributed by atoms with Gasteiger partial charge in [0, 0.05) is 13.0 Å². The standard InChI is InChI=1S/C15H25N5O7S/c1-17-6-4-10(5-7-17)8-13(21)19(16)14(22)12-3-2-11-9-18(12)15(23)20(11)27-28(24,25)26/h10-12H,2-9,16H2,1H3,(H,24,25,26). The van der Waals surface area contributed by atoms with Crippen molar-refractivity contribution < 1.29 is 31.6 Å². The summed E-state index contributed by atoms with van der Waals surface area (Å²) in [5, 5.41) is 1.12. The average molecular weight is 419 g/mol. The SMILES string of the molecule is CN1CCC(CC(=O)N(N)C(=O)C2CCC3CN2C(=O)N3OS(=O)(=O)O)CC1. The van der Waals surface area contributed by atoms with E-state index in [1.54, 1.807) is 0 Å². The van der Waals surface area contributed by atoms with Gasteiger partial charge in [0.2, 0.25) is 5.91 Å². The van der Waals surface area contributed by atoms with Crippen molar-refractivity contribution in [3.05, 3.63) is 0 Å². The molecule has 2 bridgehead atoms. The number of nitrogens with two attached hydrogens (primary N) is 1. The lowest BCUT2D eigenvalue weighted by Crippen LogP contribution is -2.55. The largest absolute Gasteiger partial charge is 0.418 e. The van der Waals surface area contributed by atoms with Gasteiger partial charge in [-0.3, -0.25) is 14.1 Å². The van der Waals surface area contributed by atoms with Gasteiger partial charge in [0.25, 0.3) is 5.91 Å². The number of amides is 4. The summed E-state index contributed by atoms with van der Waals surface area (Å²) >= 11 is 0. The molecular formula is C15H25N5O7S. The van der Waals surface area contributed by atoms with E-state index < -0.39 is 40.3 Å². The fourth-order valence-corrected chi connectivity index (χ4v) is 4.37. The Hall–Kier alpha value is -1.80. The van der Waals surface area contributed by atoms with Crippen molar-refractivity contribution in [2.45, 2.75) is 44.2 Å². The molecule has 13 heteroatoms. The summed E-state index contributed by atoms with van der Waals surface area (Å²) in [6.45, 7) is 1.81. The number of hydrogen-bond acceptors (Lipinski definition) is 8. The third-order valence-corrected chi connectivity index (χ3v) is 5.94. The first-order valence-electron chi connectivity index (χ1n) is 9.13. The Kier molecular flexibility index (Phi) is 5.91. The van der Waals surface area contributed by atoms with Crippen molar-refractivity contribution in [1.29, 1.82) is 0 Å². The van der Waals surface area contributed by atoms with E-state index in [2.05, 4.69) is 9.18 Å². The van der Waals surface area contributed by atoms with Gasteiger partial charge in [-0.2, -0.15) is 13.5 Å². The average Bonchev–Trinajstić information content (AvgIpc) is 2.86. The number of rotatable bonds is 5. The molecule has 3 saturated heterocycles. The molecule has 3 aliphatic rings. The summed E-state index contributed by atoms with van der Waals surface area (Å²) in [5.74, 6) is 4.70. The molecule has 0 saturated carbocycles. The van der Waals surface area contributed by atoms with Crippen molar-refractivity contribution in [1.82, 2.24) is 19.9 Å². The van der Waals surface area contributed by atoms with Crippen LogP contribution in [-0.4, -0.2) is 89.5 Å². The zero-order valence-electron chi connectivity index (χ0n) is 15.6. The second-order valence-electron chi connectivity index (χ2n) is 7.56. The molecule has 0 spiro atoms. The highest BCUT2D eigenvalue weighted by atomic mass is 32.3. The fourth-order valence-electron chi connectivity index (χ4n) is 3.98. The van der Waals surface area contributed by atoms with Gasteiger partial charge >= 0.3 is 16.4 Å². The van der Waals surface area contributed by atoms with Crippen LogP contribution in [0.4, 0.5) is 4.79 Å². The van der Waals surface area contributed by atoms with E-state index in [9.17, 15) is 22.8 Å². The number of hydrogen-bond donors (Lipinski definition) is 2. The number of piperidine rings is 2. The monoisotopic (exact) mass is 419 g/mol. The van der Waals surface area contributed by atoms with E-state index in [1.807, 2.05) is 7.05 Å². The number of carbonyl (C=O) groups is 3. The Balaban J connectivity index is 1.61. The third kappa shape index (κ3) is 4.43. The van der Waals surface area contributed by atoms with Crippen molar-refractivity contribution in [3.8, 4) is 0 Å². The molecule has 158 valence electrons. The summed E-state index contributed by atoms with van der Waals surface area (Å²) in [7, 11) is -2.86. The van der Waals surface area contributed by atoms with E-state index in [0.717, 1.165) is 30.8 Å². The number of hydrazine groups is 1. The summed E-state index contributed by atoms with van der Waals surface area (Å²) in [6, 6.07) is -2.46. The highest BCUT2D eigenvalue weighted by Gasteiger charge is 2.50. The molecule has 0 radical (unpaired) electrons. The highest BCUT2D eigenvalue weighted by molar-refractivity contribution is 7.80. The van der Waals surface area contributed by atoms with Crippen LogP contribution in [0.25, 0.3) is 0 Å². The van der Waals surface area contributed by atoms with Crippen molar-refractivity contribution in [2.24, 2.45) is 11.8 Å². The van der Waals surface area contributed by atoms with E-state index in [0.29, 0.717) is 10.1 Å². The molecule has 2 unspecified atom stereocenters. The molecule has 0 aromatic rings. The van der Waals surface area contributed by atoms with Gasteiger partial charge in [-0.05, 0) is 51.7 Å². The second-order valence-corrected chi connectivity index (χ2v) is 8.57. The first-order chi connectivity index (χ1) is 13.1. The van der Waals surface area contributed by atoms with Crippen molar-refractivity contribution in [2.75, 3.05) is 26.7 Å². The lowest BCUT2D eigenvalue weighted by Gasteiger charge is -2.32. The molecule has 3 rings (SSSR count). The fraction of sp³-hybridized carbons (Fsp3) is 0.800. The molecule has 2 atom stereocenters. The molecule has 12 nitrogen and oxygen atoms in total. The smallest absolute Gasteiger partial charge is 0.309 e. The minimum Gasteiger partial charge on any atom is -0.309 e. The maximum atomic E-state index is 12.7. The van der Waals surface area contributed by atoms with Gasteiger partial charge in [0.1, 0.15) is 6.04 Å². The van der Waals surface area contributed by atoms with Crippen LogP contribution in [0.1, 0.15) is 32.1 Å². The Bertz CT molecular complexity index is 752. The number of urea groups is 1. The molecule has 0 aromatic heterocycles. The maximum Gasteiger partial charge on any atom is 0.418 e. The van der Waals surface area contributed by atoms with Gasteiger partial charge in [-0.1, -0.05) is 0 Å². The Morgan fingerprint density at radius 3 is 2.50 bits per heavy atom. The highest BCUT2D eigenvalue weighted by Crippen LogP contribution is 2.31. The zero-order chi connectivity index (χ0) is 20.6. The molecule has 0 aromatic carbocycles. The lowest BCUT2D eigenvalue weighted by molar-refractivity contribution is -0.149. The minimum atomic E-state index is -4.87. The molecule has 28 heavy (non-hydrogen) atoms. The second kappa shape index (κ2) is 7.91. The van der Waals surface area contributed by atoms with Gasteiger partial charge in [-0.25, -0.2) is 15.6 Å². The molecule has 0 aliphatic carbocycles. The van der Waals surface area contributed by atoms with Gasteiger partial charge in [0.05, 0.1) is 6.04 Å². The number of fused-ring (bicyclic) bond motifs is 2. The van der Waals surface area contributed by atoms with E-state index in [4.69, 9.17) is 10.4 Å². The molecule has 4 amide bonds. The number of nitrogens with zero attached hydrogens (tertiary/aromatic N) is 4. The zero-order valence-corrected chi connectivity index (χ0v) is 16.4. The molecule has 3 fully saturated rings. The summed E-state index contributed by atoms with van der Waals surface area (Å²) in [6.07, 6.45) is 2.34. The number of likely N-dealkylation sites (tertiary alicyclic amines) is 1. The van der Waals surface area contributed by atoms with Crippen LogP contribution in [0, 0.1) is 5.92 Å². The molecule has 3 heterocycles. The number of imide groups is 1. The van der Waals surface area contributed by atoms with Crippen LogP contribution in [0.2, 0.25) is 0 Å². The predicted molar refractivity (Wildman–Crippen MR) is 94.3 cm³/mol. The first-order valence-corrected chi connectivity index (χ1v) is 10.5. The quantitative estimate of drug-likeness (QED) is 0.246. The Morgan fingerprint density at radius 2 is 1.89 bits per heavy atom. The van der Waals surface area contributed by atoms with Gasteiger partial charge in [-0.15, -0.1) is 4.28 Å². The summed E-state index contributed by atoms with van der Waals surface area (Å²) in [4.78, 5) is 40.8. The van der Waals surface area contributed by atoms with Crippen LogP contribution in [-0.2, 0) is 24.3 Å². The van der Waals surface area contributed by atoms with E-state index >= 15 is 0 Å². The van der Waals surface area contributed by atoms with Crippen LogP contribution >= 0.6 is 0 Å². The van der Waals surface area contributed by atoms with Gasteiger partial charge in [0.15, 0.2) is 0 Å². The van der Waals surface area contributed by atoms with Crippen molar-refractivity contribution >= 4 is 28.2 Å². The van der Waals surface area contributed by atoms with E-state index in [1.165, 1.54) is 0 Å². The third-order valence-electron chi connectivity index (χ3n) is 5.59. The number of hydroxylamine groups is 2. The summed E-state index contributed by atoms with van der Waals surface area (Å²) < 4.78 is 35.0. The number of carbonyl (C=O) groups excluding carboxylic acids is 3. The molecule has 3 N–H and O–H groups in total. The lowest BCUT2D eigenvalue weighted by atomic mass is 9.93. The van der Waals surface area contributed by atoms with Crippen LogP contribution in [0.3, 0.4) is 0 Å². The Morgan fingerprint density at radius 1 is 1.25 bits per heavy atom. The molecular weight excluding hydrogens is 394 g/mol. The van der Waals surface area contributed by atoms with E-state index in [-0.39, 0.29) is 31.7 Å². The molecule has 3 aliphatic heterocycles. The van der Waals surface area contributed by atoms with Crippen LogP contribution < -0.4 is 5.84 Å². The van der Waals surface area contributed by atoms with Crippen LogP contribution in [0.5, 0.6) is 0 Å². The predicted octanol–water partition coefficient (Wildman–Crippen LogP) is -1.05. The Labute approximate surface area is 163 Å². The van der Waals surface area contributed by atoms with Crippen molar-refractivity contribution in [3.63, 3.8) is 0 Å². The first kappa shape index (κ1) is 20.9. The maximum absolute atomic E-state index is 12.7. The van der Waals surface area contributed by atoms with Crippen LogP contribution in [0.15, 0.2) is 0 Å². The minimum absolute atomic E-state index is 0.0434. The topological polar surface area (TPSA) is 154 Å². The van der Waals surface area contributed by atoms with Gasteiger partial charge < -0.3 is 9.80 Å².